The fourth-order valence-corrected chi connectivity index (χ4v) is 5.93. The zero-order chi connectivity index (χ0) is 31.9. The van der Waals surface area contributed by atoms with Crippen LogP contribution in [-0.4, -0.2) is 41.9 Å². The van der Waals surface area contributed by atoms with Gasteiger partial charge >= 0.3 is 0 Å². The van der Waals surface area contributed by atoms with E-state index in [2.05, 4.69) is 43.5 Å². The zero-order valence-electron chi connectivity index (χ0n) is 27.8. The summed E-state index contributed by atoms with van der Waals surface area (Å²) in [5.41, 5.74) is 0. The normalized spacial score (nSPS) is 13.9. The average Bonchev–Trinajstić information content (AvgIpc) is 2.96. The lowest BCUT2D eigenvalue weighted by molar-refractivity contribution is -0.122. The predicted molar refractivity (Wildman–Crippen MR) is 184 cm³/mol. The monoisotopic (exact) mass is 625 g/mol. The summed E-state index contributed by atoms with van der Waals surface area (Å²) in [6.45, 7) is 4.38. The Kier molecular flexibility index (Phi) is 29.6. The van der Waals surface area contributed by atoms with Gasteiger partial charge in [-0.25, -0.2) is 0 Å². The molecule has 0 fully saturated rings. The zero-order valence-corrected chi connectivity index (χ0v) is 28.6. The molecule has 0 spiro atoms. The van der Waals surface area contributed by atoms with Crippen molar-refractivity contribution in [2.75, 3.05) is 5.75 Å². The molecule has 0 aromatic heterocycles. The topological polar surface area (TPSA) is 104 Å². The number of hydrogen-bond acceptors (Lipinski definition) is 4. The quantitative estimate of drug-likeness (QED) is 0.0404. The Bertz CT molecular complexity index is 821. The molecule has 0 rings (SSSR count). The molecule has 0 aromatic carbocycles. The molecular formula is C36H67NO5S. The number of rotatable bonds is 31. The molecule has 0 aliphatic carbocycles. The van der Waals surface area contributed by atoms with Gasteiger partial charge in [0.2, 0.25) is 5.91 Å². The molecule has 1 amide bonds. The van der Waals surface area contributed by atoms with Crippen molar-refractivity contribution in [2.24, 2.45) is 0 Å². The molecule has 0 heterocycles. The van der Waals surface area contributed by atoms with Gasteiger partial charge in [0.1, 0.15) is 0 Å². The van der Waals surface area contributed by atoms with Crippen molar-refractivity contribution >= 4 is 16.0 Å². The number of aliphatic hydroxyl groups is 1. The van der Waals surface area contributed by atoms with Gasteiger partial charge in [-0.1, -0.05) is 159 Å². The fraction of sp³-hybridized carbons (Fsp3) is 0.806. The average molecular weight is 626 g/mol. The maximum atomic E-state index is 12.4. The number of amides is 1. The summed E-state index contributed by atoms with van der Waals surface area (Å²) in [7, 11) is -4.35. The number of unbranched alkanes of at least 4 members (excludes halogenated alkanes) is 19. The highest BCUT2D eigenvalue weighted by Gasteiger charge is 2.24. The van der Waals surface area contributed by atoms with Crippen molar-refractivity contribution in [3.63, 3.8) is 0 Å². The first-order valence-electron chi connectivity index (χ1n) is 17.7. The van der Waals surface area contributed by atoms with Crippen LogP contribution in [0.15, 0.2) is 36.5 Å². The van der Waals surface area contributed by atoms with Crippen LogP contribution in [0.3, 0.4) is 0 Å². The minimum absolute atomic E-state index is 0.287. The van der Waals surface area contributed by atoms with Crippen molar-refractivity contribution in [1.82, 2.24) is 5.32 Å². The molecule has 3 N–H and O–H groups in total. The summed E-state index contributed by atoms with van der Waals surface area (Å²) in [6, 6.07) is -1.07. The number of allylic oxidation sites excluding steroid dienone is 5. The Balaban J connectivity index is 3.94. The number of aliphatic hydroxyl groups excluding tert-OH is 1. The Hall–Kier alpha value is -1.44. The number of carbonyl (C=O) groups is 1. The first kappa shape index (κ1) is 41.6. The van der Waals surface area contributed by atoms with E-state index in [9.17, 15) is 22.9 Å². The Labute approximate surface area is 266 Å². The molecule has 0 aliphatic heterocycles. The summed E-state index contributed by atoms with van der Waals surface area (Å²) in [6.07, 6.45) is 38.6. The van der Waals surface area contributed by atoms with Crippen LogP contribution in [0.25, 0.3) is 0 Å². The van der Waals surface area contributed by atoms with Crippen molar-refractivity contribution in [3.8, 4) is 0 Å². The van der Waals surface area contributed by atoms with Crippen LogP contribution >= 0.6 is 0 Å². The van der Waals surface area contributed by atoms with Crippen LogP contribution in [0.2, 0.25) is 0 Å². The third-order valence-electron chi connectivity index (χ3n) is 7.81. The minimum Gasteiger partial charge on any atom is -0.387 e. The Morgan fingerprint density at radius 2 is 1.02 bits per heavy atom. The van der Waals surface area contributed by atoms with E-state index in [0.717, 1.165) is 44.9 Å². The smallest absolute Gasteiger partial charge is 0.267 e. The van der Waals surface area contributed by atoms with E-state index in [0.29, 0.717) is 6.42 Å². The maximum absolute atomic E-state index is 12.4. The second kappa shape index (κ2) is 30.6. The summed E-state index contributed by atoms with van der Waals surface area (Å²) < 4.78 is 32.2. The Morgan fingerprint density at radius 1 is 0.628 bits per heavy atom. The molecule has 2 atom stereocenters. The van der Waals surface area contributed by atoms with Gasteiger partial charge in [-0.2, -0.15) is 8.42 Å². The van der Waals surface area contributed by atoms with Crippen molar-refractivity contribution in [3.05, 3.63) is 36.5 Å². The van der Waals surface area contributed by atoms with Crippen LogP contribution in [0, 0.1) is 0 Å². The molecule has 43 heavy (non-hydrogen) atoms. The molecule has 0 aromatic rings. The molecular weight excluding hydrogens is 558 g/mol. The lowest BCUT2D eigenvalue weighted by Crippen LogP contribution is -2.46. The SMILES string of the molecule is CC/C=C/CC/C=C/CC/C=C/C(O)C(CS(=O)(=O)O)NC(=O)CCCCCCCCCCCCCCCCCCCC. The van der Waals surface area contributed by atoms with Gasteiger partial charge in [-0.15, -0.1) is 0 Å². The summed E-state index contributed by atoms with van der Waals surface area (Å²) >= 11 is 0. The second-order valence-electron chi connectivity index (χ2n) is 12.1. The molecule has 0 saturated carbocycles. The standard InChI is InChI=1S/C36H67NO5S/c1-3-5-7-9-11-13-15-16-17-18-19-20-21-22-24-26-28-30-32-36(39)37-34(33-43(40,41)42)35(38)31-29-27-25-23-14-12-10-8-6-4-2/h6,8,14,23,29,31,34-35,38H,3-5,7,9-13,15-22,24-28,30,32-33H2,1-2H3,(H,37,39)(H,40,41,42)/b8-6+,23-14+,31-29+. The molecule has 6 nitrogen and oxygen atoms in total. The second-order valence-corrected chi connectivity index (χ2v) is 13.6. The fourth-order valence-electron chi connectivity index (χ4n) is 5.19. The third kappa shape index (κ3) is 31.8. The van der Waals surface area contributed by atoms with E-state index in [-0.39, 0.29) is 12.3 Å². The van der Waals surface area contributed by atoms with Gasteiger partial charge in [-0.05, 0) is 38.5 Å². The van der Waals surface area contributed by atoms with Crippen LogP contribution in [-0.2, 0) is 14.9 Å². The highest BCUT2D eigenvalue weighted by molar-refractivity contribution is 7.85. The Morgan fingerprint density at radius 3 is 1.44 bits per heavy atom. The van der Waals surface area contributed by atoms with Crippen molar-refractivity contribution in [1.29, 1.82) is 0 Å². The predicted octanol–water partition coefficient (Wildman–Crippen LogP) is 9.79. The van der Waals surface area contributed by atoms with Crippen molar-refractivity contribution in [2.45, 2.75) is 180 Å². The van der Waals surface area contributed by atoms with Crippen LogP contribution in [0.1, 0.15) is 168 Å². The first-order chi connectivity index (χ1) is 20.8. The van der Waals surface area contributed by atoms with E-state index in [4.69, 9.17) is 0 Å². The molecule has 2 unspecified atom stereocenters. The first-order valence-corrected chi connectivity index (χ1v) is 19.3. The summed E-state index contributed by atoms with van der Waals surface area (Å²) in [5, 5.41) is 13.1. The van der Waals surface area contributed by atoms with Crippen LogP contribution < -0.4 is 5.32 Å². The molecule has 0 aliphatic rings. The lowest BCUT2D eigenvalue weighted by atomic mass is 10.0. The minimum atomic E-state index is -4.35. The van der Waals surface area contributed by atoms with E-state index < -0.39 is 28.0 Å². The summed E-state index contributed by atoms with van der Waals surface area (Å²) in [5.74, 6) is -1.01. The van der Waals surface area contributed by atoms with Gasteiger partial charge in [0.15, 0.2) is 0 Å². The van der Waals surface area contributed by atoms with Gasteiger partial charge in [0, 0.05) is 6.42 Å². The largest absolute Gasteiger partial charge is 0.387 e. The van der Waals surface area contributed by atoms with E-state index >= 15 is 0 Å². The number of nitrogens with one attached hydrogen (secondary N) is 1. The van der Waals surface area contributed by atoms with Crippen LogP contribution in [0.4, 0.5) is 0 Å². The molecule has 252 valence electrons. The van der Waals surface area contributed by atoms with Gasteiger partial charge < -0.3 is 10.4 Å². The van der Waals surface area contributed by atoms with Crippen LogP contribution in [0.5, 0.6) is 0 Å². The molecule has 0 bridgehead atoms. The van der Waals surface area contributed by atoms with Gasteiger partial charge in [0.05, 0.1) is 17.9 Å². The molecule has 0 saturated heterocycles. The molecule has 7 heteroatoms. The number of carbonyl (C=O) groups excluding carboxylic acids is 1. The van der Waals surface area contributed by atoms with Gasteiger partial charge in [-0.3, -0.25) is 9.35 Å². The van der Waals surface area contributed by atoms with E-state index in [1.54, 1.807) is 6.08 Å². The highest BCUT2D eigenvalue weighted by atomic mass is 32.2. The van der Waals surface area contributed by atoms with E-state index in [1.165, 1.54) is 102 Å². The van der Waals surface area contributed by atoms with Crippen molar-refractivity contribution < 1.29 is 22.9 Å². The maximum Gasteiger partial charge on any atom is 0.267 e. The van der Waals surface area contributed by atoms with Gasteiger partial charge in [0.25, 0.3) is 10.1 Å². The highest BCUT2D eigenvalue weighted by Crippen LogP contribution is 2.15. The summed E-state index contributed by atoms with van der Waals surface area (Å²) in [4.78, 5) is 12.4. The third-order valence-corrected chi connectivity index (χ3v) is 8.59. The van der Waals surface area contributed by atoms with E-state index in [1.807, 2.05) is 0 Å². The number of hydrogen-bond donors (Lipinski definition) is 3. The lowest BCUT2D eigenvalue weighted by Gasteiger charge is -2.21. The molecule has 0 radical (unpaired) electrons.